The summed E-state index contributed by atoms with van der Waals surface area (Å²) in [6, 6.07) is 9.13. The number of carbonyl (C=O) groups is 3. The van der Waals surface area contributed by atoms with Gasteiger partial charge in [0.25, 0.3) is 5.91 Å². The number of para-hydroxylation sites is 1. The average Bonchev–Trinajstić information content (AvgIpc) is 3.20. The summed E-state index contributed by atoms with van der Waals surface area (Å²) < 4.78 is 1.93. The first-order valence-corrected chi connectivity index (χ1v) is 10.3. The molecule has 30 heavy (non-hydrogen) atoms. The van der Waals surface area contributed by atoms with Crippen LogP contribution in [0.2, 0.25) is 0 Å². The molecule has 4 rings (SSSR count). The fourth-order valence-electron chi connectivity index (χ4n) is 4.50. The zero-order valence-electron chi connectivity index (χ0n) is 17.6. The van der Waals surface area contributed by atoms with Crippen LogP contribution in [0.15, 0.2) is 30.3 Å². The molecule has 0 bridgehead atoms. The summed E-state index contributed by atoms with van der Waals surface area (Å²) >= 11 is 0. The highest BCUT2D eigenvalue weighted by molar-refractivity contribution is 6.11. The molecule has 0 unspecified atom stereocenters. The van der Waals surface area contributed by atoms with Crippen molar-refractivity contribution in [1.82, 2.24) is 20.0 Å². The van der Waals surface area contributed by atoms with Gasteiger partial charge in [0.1, 0.15) is 12.2 Å². The van der Waals surface area contributed by atoms with E-state index in [-0.39, 0.29) is 24.3 Å². The summed E-state index contributed by atoms with van der Waals surface area (Å²) in [6.07, 6.45) is 1.61. The fraction of sp³-hybridized carbons (Fsp3) is 0.455. The third kappa shape index (κ3) is 3.36. The second-order valence-corrected chi connectivity index (χ2v) is 8.21. The number of hydrogen-bond donors (Lipinski definition) is 1. The van der Waals surface area contributed by atoms with Crippen LogP contribution in [0.1, 0.15) is 47.9 Å². The van der Waals surface area contributed by atoms with Gasteiger partial charge in [0, 0.05) is 25.2 Å². The van der Waals surface area contributed by atoms with Crippen LogP contribution >= 0.6 is 0 Å². The fourth-order valence-corrected chi connectivity index (χ4v) is 4.50. The Morgan fingerprint density at radius 3 is 2.73 bits per heavy atom. The van der Waals surface area contributed by atoms with Gasteiger partial charge in [-0.2, -0.15) is 5.10 Å². The minimum atomic E-state index is -0.816. The zero-order valence-corrected chi connectivity index (χ0v) is 17.6. The summed E-state index contributed by atoms with van der Waals surface area (Å²) in [4.78, 5) is 41.6. The van der Waals surface area contributed by atoms with Crippen LogP contribution in [0.4, 0.5) is 5.69 Å². The van der Waals surface area contributed by atoms with Gasteiger partial charge in [-0.15, -0.1) is 0 Å². The lowest BCUT2D eigenvalue weighted by Gasteiger charge is -2.48. The molecule has 1 atom stereocenters. The molecule has 0 spiro atoms. The Hall–Kier alpha value is -3.16. The van der Waals surface area contributed by atoms with Gasteiger partial charge >= 0.3 is 0 Å². The van der Waals surface area contributed by atoms with Crippen LogP contribution in [0, 0.1) is 13.8 Å². The number of fused-ring (bicyclic) bond motifs is 3. The number of nitrogens with zero attached hydrogens (tertiary/aromatic N) is 4. The molecule has 1 fully saturated rings. The van der Waals surface area contributed by atoms with E-state index in [1.165, 1.54) is 4.90 Å². The molecule has 2 aliphatic heterocycles. The molecule has 158 valence electrons. The molecule has 1 saturated heterocycles. The Labute approximate surface area is 175 Å². The summed E-state index contributed by atoms with van der Waals surface area (Å²) in [7, 11) is 0. The predicted octanol–water partition coefficient (Wildman–Crippen LogP) is 2.01. The van der Waals surface area contributed by atoms with Crippen molar-refractivity contribution in [2.24, 2.45) is 0 Å². The molecule has 1 N–H and O–H groups in total. The highest BCUT2D eigenvalue weighted by atomic mass is 16.2. The van der Waals surface area contributed by atoms with Crippen LogP contribution in [-0.4, -0.2) is 51.2 Å². The van der Waals surface area contributed by atoms with Crippen molar-refractivity contribution >= 4 is 23.4 Å². The van der Waals surface area contributed by atoms with Crippen molar-refractivity contribution in [3.05, 3.63) is 47.3 Å². The molecule has 0 radical (unpaired) electrons. The van der Waals surface area contributed by atoms with Gasteiger partial charge in [0.05, 0.1) is 16.9 Å². The van der Waals surface area contributed by atoms with Gasteiger partial charge in [-0.25, -0.2) is 0 Å². The van der Waals surface area contributed by atoms with E-state index in [2.05, 4.69) is 10.4 Å². The summed E-state index contributed by atoms with van der Waals surface area (Å²) in [6.45, 7) is 6.96. The van der Waals surface area contributed by atoms with Crippen LogP contribution in [0.3, 0.4) is 0 Å². The first-order chi connectivity index (χ1) is 14.3. The molecule has 0 aliphatic carbocycles. The maximum atomic E-state index is 13.2. The Morgan fingerprint density at radius 2 is 2.00 bits per heavy atom. The van der Waals surface area contributed by atoms with Crippen LogP contribution in [0.25, 0.3) is 0 Å². The standard InChI is InChI=1S/C22H27N5O3/c1-15-13-16(2)26(24-15)12-6-11-23-19(28)14-25-21(30)17-7-4-5-8-18(17)27-20(29)9-10-22(25,27)3/h4-5,7-8,13H,6,9-12,14H2,1-3H3,(H,23,28)/t22-/m1/s1. The van der Waals surface area contributed by atoms with Gasteiger partial charge < -0.3 is 10.2 Å². The Morgan fingerprint density at radius 1 is 1.23 bits per heavy atom. The van der Waals surface area contributed by atoms with Crippen molar-refractivity contribution < 1.29 is 14.4 Å². The normalized spacial score (nSPS) is 20.4. The number of hydrogen-bond acceptors (Lipinski definition) is 4. The third-order valence-corrected chi connectivity index (χ3v) is 6.02. The van der Waals surface area contributed by atoms with Crippen molar-refractivity contribution in [2.75, 3.05) is 18.0 Å². The second kappa shape index (κ2) is 7.59. The van der Waals surface area contributed by atoms with Crippen molar-refractivity contribution in [3.8, 4) is 0 Å². The topological polar surface area (TPSA) is 87.5 Å². The first-order valence-electron chi connectivity index (χ1n) is 10.3. The van der Waals surface area contributed by atoms with Crippen LogP contribution in [-0.2, 0) is 16.1 Å². The van der Waals surface area contributed by atoms with Crippen molar-refractivity contribution in [1.29, 1.82) is 0 Å². The SMILES string of the molecule is Cc1cc(C)n(CCCNC(=O)CN2C(=O)c3ccccc3N3C(=O)CC[C@]23C)n1. The van der Waals surface area contributed by atoms with Gasteiger partial charge in [-0.3, -0.25) is 24.0 Å². The van der Waals surface area contributed by atoms with Crippen LogP contribution < -0.4 is 10.2 Å². The molecule has 3 amide bonds. The summed E-state index contributed by atoms with van der Waals surface area (Å²) in [5.74, 6) is -0.457. The number of rotatable bonds is 6. The van der Waals surface area contributed by atoms with Gasteiger partial charge in [-0.05, 0) is 51.8 Å². The average molecular weight is 409 g/mol. The molecule has 8 nitrogen and oxygen atoms in total. The Kier molecular flexibility index (Phi) is 5.09. The molecular formula is C22H27N5O3. The lowest BCUT2D eigenvalue weighted by molar-refractivity contribution is -0.124. The van der Waals surface area contributed by atoms with E-state index in [1.54, 1.807) is 23.1 Å². The lowest BCUT2D eigenvalue weighted by atomic mass is 9.98. The third-order valence-electron chi connectivity index (χ3n) is 6.02. The van der Waals surface area contributed by atoms with E-state index in [1.807, 2.05) is 37.6 Å². The monoisotopic (exact) mass is 409 g/mol. The first kappa shape index (κ1) is 20.1. The highest BCUT2D eigenvalue weighted by Gasteiger charge is 2.53. The number of anilines is 1. The maximum Gasteiger partial charge on any atom is 0.258 e. The van der Waals surface area contributed by atoms with E-state index >= 15 is 0 Å². The lowest BCUT2D eigenvalue weighted by Crippen LogP contribution is -2.63. The van der Waals surface area contributed by atoms with E-state index in [9.17, 15) is 14.4 Å². The zero-order chi connectivity index (χ0) is 21.5. The summed E-state index contributed by atoms with van der Waals surface area (Å²) in [5.41, 5.74) is 2.35. The predicted molar refractivity (Wildman–Crippen MR) is 112 cm³/mol. The molecule has 1 aromatic carbocycles. The smallest absolute Gasteiger partial charge is 0.258 e. The van der Waals surface area contributed by atoms with Crippen LogP contribution in [0.5, 0.6) is 0 Å². The number of aromatic nitrogens is 2. The maximum absolute atomic E-state index is 13.2. The Bertz CT molecular complexity index is 1010. The van der Waals surface area contributed by atoms with E-state index in [4.69, 9.17) is 0 Å². The molecule has 2 aromatic rings. The largest absolute Gasteiger partial charge is 0.354 e. The van der Waals surface area contributed by atoms with Crippen molar-refractivity contribution in [2.45, 2.75) is 52.2 Å². The molecule has 3 heterocycles. The van der Waals surface area contributed by atoms with E-state index < -0.39 is 5.66 Å². The van der Waals surface area contributed by atoms with E-state index in [0.29, 0.717) is 30.6 Å². The molecule has 0 saturated carbocycles. The molecule has 1 aromatic heterocycles. The van der Waals surface area contributed by atoms with Gasteiger partial charge in [0.2, 0.25) is 11.8 Å². The highest BCUT2D eigenvalue weighted by Crippen LogP contribution is 2.43. The minimum Gasteiger partial charge on any atom is -0.354 e. The summed E-state index contributed by atoms with van der Waals surface area (Å²) in [5, 5.41) is 7.32. The number of amides is 3. The number of nitrogens with one attached hydrogen (secondary N) is 1. The molecule has 8 heteroatoms. The second-order valence-electron chi connectivity index (χ2n) is 8.21. The van der Waals surface area contributed by atoms with Crippen molar-refractivity contribution in [3.63, 3.8) is 0 Å². The van der Waals surface area contributed by atoms with Gasteiger partial charge in [0.15, 0.2) is 0 Å². The quantitative estimate of drug-likeness (QED) is 0.740. The molecule has 2 aliphatic rings. The van der Waals surface area contributed by atoms with Gasteiger partial charge in [-0.1, -0.05) is 12.1 Å². The number of benzene rings is 1. The Balaban J connectivity index is 1.42. The molecular weight excluding hydrogens is 382 g/mol. The minimum absolute atomic E-state index is 0.0206. The van der Waals surface area contributed by atoms with E-state index in [0.717, 1.165) is 24.4 Å². The number of aryl methyl sites for hydroxylation is 3. The number of carbonyl (C=O) groups excluding carboxylic acids is 3.